The fourth-order valence-electron chi connectivity index (χ4n) is 3.80. The fraction of sp³-hybridized carbons (Fsp3) is 0.240. The van der Waals surface area contributed by atoms with Gasteiger partial charge >= 0.3 is 5.97 Å². The van der Waals surface area contributed by atoms with E-state index >= 15 is 0 Å². The number of para-hydroxylation sites is 1. The van der Waals surface area contributed by atoms with Crippen LogP contribution in [-0.4, -0.2) is 38.0 Å². The Morgan fingerprint density at radius 3 is 2.62 bits per heavy atom. The Morgan fingerprint density at radius 1 is 1.15 bits per heavy atom. The van der Waals surface area contributed by atoms with E-state index in [0.717, 1.165) is 5.56 Å². The van der Waals surface area contributed by atoms with Crippen LogP contribution in [0.15, 0.2) is 69.6 Å². The van der Waals surface area contributed by atoms with Gasteiger partial charge in [0.15, 0.2) is 4.80 Å². The number of methoxy groups -OCH3 is 2. The average Bonchev–Trinajstić information content (AvgIpc) is 3.14. The first-order valence-electron chi connectivity index (χ1n) is 10.5. The topological polar surface area (TPSA) is 79.1 Å². The van der Waals surface area contributed by atoms with Gasteiger partial charge in [0.2, 0.25) is 0 Å². The summed E-state index contributed by atoms with van der Waals surface area (Å²) in [5.41, 5.74) is 1.84. The Hall–Kier alpha value is -3.20. The van der Waals surface area contributed by atoms with Crippen molar-refractivity contribution in [3.8, 4) is 5.75 Å². The summed E-state index contributed by atoms with van der Waals surface area (Å²) < 4.78 is 18.0. The second kappa shape index (κ2) is 10.4. The fourth-order valence-corrected chi connectivity index (χ4v) is 5.03. The number of aromatic nitrogens is 1. The molecule has 0 bridgehead atoms. The van der Waals surface area contributed by atoms with E-state index in [1.165, 1.54) is 23.0 Å². The number of thiazole rings is 1. The van der Waals surface area contributed by atoms with E-state index in [0.29, 0.717) is 31.4 Å². The molecule has 0 N–H and O–H groups in total. The van der Waals surface area contributed by atoms with E-state index in [4.69, 9.17) is 25.8 Å². The van der Waals surface area contributed by atoms with Crippen molar-refractivity contribution < 1.29 is 19.0 Å². The summed E-state index contributed by atoms with van der Waals surface area (Å²) in [7, 11) is 3.08. The third kappa shape index (κ3) is 4.57. The Bertz CT molecular complexity index is 1440. The smallest absolute Gasteiger partial charge is 0.338 e. The predicted molar refractivity (Wildman–Crippen MR) is 131 cm³/mol. The summed E-state index contributed by atoms with van der Waals surface area (Å²) in [4.78, 5) is 31.9. The summed E-state index contributed by atoms with van der Waals surface area (Å²) in [6, 6.07) is 13.8. The minimum atomic E-state index is -0.768. The number of hydrogen-bond donors (Lipinski definition) is 0. The molecule has 1 unspecified atom stereocenters. The third-order valence-corrected chi connectivity index (χ3v) is 6.71. The van der Waals surface area contributed by atoms with Crippen LogP contribution in [0.5, 0.6) is 5.75 Å². The SMILES string of the molecule is COCCOC(=O)C1=C(C)N=c2sc(=Cc3ccccc3Cl)c(=O)n2C1c1ccccc1OC. The summed E-state index contributed by atoms with van der Waals surface area (Å²) in [6.07, 6.45) is 1.74. The largest absolute Gasteiger partial charge is 0.496 e. The van der Waals surface area contributed by atoms with Crippen molar-refractivity contribution in [3.63, 3.8) is 0 Å². The molecule has 0 saturated heterocycles. The first-order valence-corrected chi connectivity index (χ1v) is 11.7. The Balaban J connectivity index is 1.94. The molecule has 0 aliphatic carbocycles. The van der Waals surface area contributed by atoms with Crippen LogP contribution in [-0.2, 0) is 14.3 Å². The summed E-state index contributed by atoms with van der Waals surface area (Å²) in [6.45, 7) is 2.08. The van der Waals surface area contributed by atoms with Crippen LogP contribution >= 0.6 is 22.9 Å². The van der Waals surface area contributed by atoms with Crippen LogP contribution in [0, 0.1) is 0 Å². The highest BCUT2D eigenvalue weighted by molar-refractivity contribution is 7.07. The highest BCUT2D eigenvalue weighted by Gasteiger charge is 2.35. The first kappa shape index (κ1) is 23.9. The van der Waals surface area contributed by atoms with E-state index < -0.39 is 12.0 Å². The molecule has 176 valence electrons. The van der Waals surface area contributed by atoms with E-state index in [9.17, 15) is 9.59 Å². The van der Waals surface area contributed by atoms with Gasteiger partial charge in [0, 0.05) is 17.7 Å². The molecule has 1 aromatic heterocycles. The van der Waals surface area contributed by atoms with Gasteiger partial charge in [-0.05, 0) is 30.7 Å². The minimum absolute atomic E-state index is 0.0850. The number of halogens is 1. The molecule has 9 heteroatoms. The summed E-state index contributed by atoms with van der Waals surface area (Å²) in [5, 5.41) is 0.535. The van der Waals surface area contributed by atoms with Gasteiger partial charge in [-0.1, -0.05) is 59.3 Å². The molecule has 0 fully saturated rings. The number of fused-ring (bicyclic) bond motifs is 1. The van der Waals surface area contributed by atoms with E-state index in [2.05, 4.69) is 4.99 Å². The maximum Gasteiger partial charge on any atom is 0.338 e. The molecule has 0 radical (unpaired) electrons. The molecule has 0 amide bonds. The zero-order chi connectivity index (χ0) is 24.2. The number of hydrogen-bond acceptors (Lipinski definition) is 7. The molecule has 0 spiro atoms. The molecule has 0 saturated carbocycles. The predicted octanol–water partition coefficient (Wildman–Crippen LogP) is 3.09. The molecule has 2 heterocycles. The molecule has 34 heavy (non-hydrogen) atoms. The molecule has 1 aliphatic heterocycles. The second-order valence-electron chi connectivity index (χ2n) is 7.47. The van der Waals surface area contributed by atoms with Crippen molar-refractivity contribution >= 4 is 35.0 Å². The first-order chi connectivity index (χ1) is 16.5. The number of nitrogens with zero attached hydrogens (tertiary/aromatic N) is 2. The Morgan fingerprint density at radius 2 is 1.88 bits per heavy atom. The second-order valence-corrected chi connectivity index (χ2v) is 8.89. The van der Waals surface area contributed by atoms with Gasteiger partial charge < -0.3 is 14.2 Å². The van der Waals surface area contributed by atoms with Gasteiger partial charge in [-0.2, -0.15) is 0 Å². The van der Waals surface area contributed by atoms with Crippen LogP contribution in [0.4, 0.5) is 0 Å². The zero-order valence-corrected chi connectivity index (χ0v) is 20.5. The molecule has 2 aromatic carbocycles. The Labute approximate surface area is 205 Å². The lowest BCUT2D eigenvalue weighted by Crippen LogP contribution is -2.40. The van der Waals surface area contributed by atoms with E-state index in [-0.39, 0.29) is 24.3 Å². The van der Waals surface area contributed by atoms with Crippen LogP contribution < -0.4 is 19.6 Å². The molecule has 1 atom stereocenters. The quantitative estimate of drug-likeness (QED) is 0.369. The lowest BCUT2D eigenvalue weighted by molar-refractivity contribution is -0.140. The lowest BCUT2D eigenvalue weighted by Gasteiger charge is -2.26. The number of rotatable bonds is 7. The number of esters is 1. The maximum atomic E-state index is 13.7. The number of ether oxygens (including phenoxy) is 3. The van der Waals surface area contributed by atoms with Crippen LogP contribution in [0.1, 0.15) is 24.1 Å². The molecular formula is C25H23ClN2O5S. The average molecular weight is 499 g/mol. The normalized spacial score (nSPS) is 15.6. The van der Waals surface area contributed by atoms with Crippen molar-refractivity contribution in [2.24, 2.45) is 4.99 Å². The molecule has 3 aromatic rings. The molecule has 4 rings (SSSR count). The molecule has 7 nitrogen and oxygen atoms in total. The van der Waals surface area contributed by atoms with Gasteiger partial charge in [-0.3, -0.25) is 9.36 Å². The van der Waals surface area contributed by atoms with Crippen LogP contribution in [0.25, 0.3) is 6.08 Å². The van der Waals surface area contributed by atoms with Crippen molar-refractivity contribution in [1.29, 1.82) is 0 Å². The Kier molecular flexibility index (Phi) is 7.31. The highest BCUT2D eigenvalue weighted by atomic mass is 35.5. The molecular weight excluding hydrogens is 476 g/mol. The van der Waals surface area contributed by atoms with Crippen molar-refractivity contribution in [2.75, 3.05) is 27.4 Å². The zero-order valence-electron chi connectivity index (χ0n) is 18.9. The third-order valence-electron chi connectivity index (χ3n) is 5.39. The van der Waals surface area contributed by atoms with Crippen molar-refractivity contribution in [3.05, 3.63) is 95.6 Å². The van der Waals surface area contributed by atoms with Crippen LogP contribution in [0.3, 0.4) is 0 Å². The standard InChI is InChI=1S/C25H23ClN2O5S/c1-15-21(24(30)33-13-12-31-2)22(17-9-5-7-11-19(17)32-3)28-23(29)20(34-25(28)27-15)14-16-8-4-6-10-18(16)26/h4-11,14,22H,12-13H2,1-3H3. The van der Waals surface area contributed by atoms with Gasteiger partial charge in [0.1, 0.15) is 18.4 Å². The van der Waals surface area contributed by atoms with Crippen molar-refractivity contribution in [1.82, 2.24) is 4.57 Å². The van der Waals surface area contributed by atoms with Crippen molar-refractivity contribution in [2.45, 2.75) is 13.0 Å². The van der Waals surface area contributed by atoms with E-state index in [1.54, 1.807) is 32.2 Å². The van der Waals surface area contributed by atoms with Gasteiger partial charge in [-0.25, -0.2) is 9.79 Å². The minimum Gasteiger partial charge on any atom is -0.496 e. The number of carbonyl (C=O) groups is 1. The van der Waals surface area contributed by atoms with Gasteiger partial charge in [-0.15, -0.1) is 0 Å². The number of benzene rings is 2. The van der Waals surface area contributed by atoms with Gasteiger partial charge in [0.05, 0.1) is 29.5 Å². The summed E-state index contributed by atoms with van der Waals surface area (Å²) in [5.74, 6) is -0.0142. The summed E-state index contributed by atoms with van der Waals surface area (Å²) >= 11 is 7.55. The molecule has 1 aliphatic rings. The van der Waals surface area contributed by atoms with Crippen LogP contribution in [0.2, 0.25) is 5.02 Å². The number of carbonyl (C=O) groups excluding carboxylic acids is 1. The number of allylic oxidation sites excluding steroid dienone is 1. The lowest BCUT2D eigenvalue weighted by atomic mass is 9.95. The monoisotopic (exact) mass is 498 g/mol. The highest BCUT2D eigenvalue weighted by Crippen LogP contribution is 2.35. The van der Waals surface area contributed by atoms with E-state index in [1.807, 2.05) is 36.4 Å². The van der Waals surface area contributed by atoms with Gasteiger partial charge in [0.25, 0.3) is 5.56 Å². The maximum absolute atomic E-state index is 13.7.